The summed E-state index contributed by atoms with van der Waals surface area (Å²) in [5, 5.41) is 0.471. The molecule has 0 N–H and O–H groups in total. The first-order valence-corrected chi connectivity index (χ1v) is 11.6. The lowest BCUT2D eigenvalue weighted by Crippen LogP contribution is -2.42. The van der Waals surface area contributed by atoms with Crippen molar-refractivity contribution < 1.29 is 18.4 Å². The van der Waals surface area contributed by atoms with Gasteiger partial charge in [0, 0.05) is 31.6 Å². The fourth-order valence-electron chi connectivity index (χ4n) is 4.40. The lowest BCUT2D eigenvalue weighted by molar-refractivity contribution is -0.117. The summed E-state index contributed by atoms with van der Waals surface area (Å²) in [5.74, 6) is 0.469. The monoisotopic (exact) mass is 472 g/mol. The molecule has 3 aromatic rings. The van der Waals surface area contributed by atoms with Gasteiger partial charge in [0.25, 0.3) is 5.91 Å². The van der Waals surface area contributed by atoms with E-state index in [1.807, 2.05) is 11.5 Å². The van der Waals surface area contributed by atoms with E-state index in [0.717, 1.165) is 23.6 Å². The second kappa shape index (κ2) is 8.29. The molecule has 172 valence electrons. The van der Waals surface area contributed by atoms with E-state index in [4.69, 9.17) is 4.98 Å². The average molecular weight is 473 g/mol. The first-order valence-electron chi connectivity index (χ1n) is 10.8. The summed E-state index contributed by atoms with van der Waals surface area (Å²) in [4.78, 5) is 38.2. The second-order valence-corrected chi connectivity index (χ2v) is 8.95. The number of anilines is 1. The number of amides is 2. The Bertz CT molecular complexity index is 1220. The normalized spacial score (nSPS) is 19.2. The van der Waals surface area contributed by atoms with E-state index >= 15 is 0 Å². The van der Waals surface area contributed by atoms with Crippen LogP contribution in [0.5, 0.6) is 0 Å². The molecule has 2 aromatic heterocycles. The van der Waals surface area contributed by atoms with Gasteiger partial charge in [0.1, 0.15) is 5.82 Å². The first kappa shape index (κ1) is 21.6. The summed E-state index contributed by atoms with van der Waals surface area (Å²) in [6, 6.07) is 5.06. The summed E-state index contributed by atoms with van der Waals surface area (Å²) in [5.41, 5.74) is 1.12. The van der Waals surface area contributed by atoms with Crippen molar-refractivity contribution in [3.63, 3.8) is 0 Å². The number of fused-ring (bicyclic) bond motifs is 1. The predicted octanol–water partition coefficient (Wildman–Crippen LogP) is 3.92. The van der Waals surface area contributed by atoms with Gasteiger partial charge in [-0.1, -0.05) is 0 Å². The molecule has 4 heterocycles. The molecular weight excluding hydrogens is 450 g/mol. The SMILES string of the molecule is CC(F)c1nsc(-c2nc(N3CCCC3=O)c3n2CCN(C(=O)c2ccc(F)cc2)[C@H]3C)n1. The number of alkyl halides is 1. The second-order valence-electron chi connectivity index (χ2n) is 8.20. The minimum absolute atomic E-state index is 0.0213. The van der Waals surface area contributed by atoms with Crippen LogP contribution < -0.4 is 4.90 Å². The van der Waals surface area contributed by atoms with Gasteiger partial charge >= 0.3 is 0 Å². The predicted molar refractivity (Wildman–Crippen MR) is 118 cm³/mol. The number of rotatable bonds is 4. The molecule has 5 rings (SSSR count). The molecule has 2 aliphatic heterocycles. The van der Waals surface area contributed by atoms with Gasteiger partial charge in [0.2, 0.25) is 5.91 Å². The van der Waals surface area contributed by atoms with Crippen LogP contribution in [0, 0.1) is 5.82 Å². The zero-order valence-corrected chi connectivity index (χ0v) is 19.0. The van der Waals surface area contributed by atoms with E-state index in [1.165, 1.54) is 31.2 Å². The first-order chi connectivity index (χ1) is 15.8. The van der Waals surface area contributed by atoms with Gasteiger partial charge in [-0.2, -0.15) is 4.37 Å². The lowest BCUT2D eigenvalue weighted by Gasteiger charge is -2.36. The summed E-state index contributed by atoms with van der Waals surface area (Å²) >= 11 is 1.06. The number of benzene rings is 1. The molecule has 0 spiro atoms. The molecule has 2 amide bonds. The number of halogens is 2. The van der Waals surface area contributed by atoms with Crippen molar-refractivity contribution in [2.75, 3.05) is 18.0 Å². The van der Waals surface area contributed by atoms with Gasteiger partial charge in [-0.05, 0) is 56.1 Å². The Kier molecular flexibility index (Phi) is 5.43. The molecule has 2 aliphatic rings. The number of carbonyl (C=O) groups is 2. The molecule has 1 aromatic carbocycles. The maximum Gasteiger partial charge on any atom is 0.254 e. The third-order valence-electron chi connectivity index (χ3n) is 6.09. The van der Waals surface area contributed by atoms with Crippen LogP contribution in [0.25, 0.3) is 10.8 Å². The molecule has 0 aliphatic carbocycles. The highest BCUT2D eigenvalue weighted by molar-refractivity contribution is 7.09. The van der Waals surface area contributed by atoms with Crippen LogP contribution in [0.2, 0.25) is 0 Å². The van der Waals surface area contributed by atoms with Crippen LogP contribution >= 0.6 is 11.5 Å². The van der Waals surface area contributed by atoms with Crippen LogP contribution in [0.15, 0.2) is 24.3 Å². The number of aromatic nitrogens is 4. The highest BCUT2D eigenvalue weighted by Gasteiger charge is 2.38. The quantitative estimate of drug-likeness (QED) is 0.575. The maximum absolute atomic E-state index is 13.7. The summed E-state index contributed by atoms with van der Waals surface area (Å²) in [7, 11) is 0. The van der Waals surface area contributed by atoms with Gasteiger partial charge < -0.3 is 9.47 Å². The molecule has 2 atom stereocenters. The zero-order chi connectivity index (χ0) is 23.3. The Morgan fingerprint density at radius 3 is 2.58 bits per heavy atom. The Morgan fingerprint density at radius 1 is 1.18 bits per heavy atom. The molecule has 8 nitrogen and oxygen atoms in total. The molecular formula is C22H22F2N6O2S. The van der Waals surface area contributed by atoms with Crippen molar-refractivity contribution in [2.45, 2.75) is 45.4 Å². The highest BCUT2D eigenvalue weighted by Crippen LogP contribution is 2.39. The molecule has 1 saturated heterocycles. The van der Waals surface area contributed by atoms with Crippen molar-refractivity contribution >= 4 is 29.2 Å². The topological polar surface area (TPSA) is 84.2 Å². The van der Waals surface area contributed by atoms with Gasteiger partial charge in [0.05, 0.1) is 11.7 Å². The van der Waals surface area contributed by atoms with Gasteiger partial charge in [-0.15, -0.1) is 0 Å². The van der Waals surface area contributed by atoms with E-state index in [-0.39, 0.29) is 17.6 Å². The minimum atomic E-state index is -1.30. The van der Waals surface area contributed by atoms with Crippen LogP contribution in [0.3, 0.4) is 0 Å². The van der Waals surface area contributed by atoms with Crippen LogP contribution in [-0.2, 0) is 11.3 Å². The molecule has 1 fully saturated rings. The van der Waals surface area contributed by atoms with Gasteiger partial charge in [-0.3, -0.25) is 14.5 Å². The molecule has 0 bridgehead atoms. The molecule has 0 saturated carbocycles. The van der Waals surface area contributed by atoms with E-state index in [1.54, 1.807) is 9.80 Å². The van der Waals surface area contributed by atoms with E-state index in [0.29, 0.717) is 48.3 Å². The third-order valence-corrected chi connectivity index (χ3v) is 6.81. The fourth-order valence-corrected chi connectivity index (χ4v) is 5.14. The summed E-state index contributed by atoms with van der Waals surface area (Å²) < 4.78 is 33.1. The number of hydrogen-bond acceptors (Lipinski definition) is 6. The van der Waals surface area contributed by atoms with Crippen LogP contribution in [0.4, 0.5) is 14.6 Å². The number of carbonyl (C=O) groups excluding carboxylic acids is 2. The van der Waals surface area contributed by atoms with Crippen LogP contribution in [-0.4, -0.2) is 48.7 Å². The lowest BCUT2D eigenvalue weighted by atomic mass is 10.1. The number of imidazole rings is 1. The van der Waals surface area contributed by atoms with Crippen molar-refractivity contribution in [2.24, 2.45) is 0 Å². The van der Waals surface area contributed by atoms with Crippen LogP contribution in [0.1, 0.15) is 60.8 Å². The van der Waals surface area contributed by atoms with Gasteiger partial charge in [-0.25, -0.2) is 18.7 Å². The van der Waals surface area contributed by atoms with E-state index < -0.39 is 18.0 Å². The molecule has 0 radical (unpaired) electrons. The Balaban J connectivity index is 1.57. The zero-order valence-electron chi connectivity index (χ0n) is 18.2. The number of hydrogen-bond donors (Lipinski definition) is 0. The highest BCUT2D eigenvalue weighted by atomic mass is 32.1. The standard InChI is InChI=1S/C22H22F2N6O2S/c1-12(23)18-25-21(33-27-18)20-26-19(29-9-3-4-16(29)31)17-13(2)28(10-11-30(17)20)22(32)14-5-7-15(24)8-6-14/h5-8,12-13H,3-4,9-11H2,1-2H3/t12?,13-/m0/s1. The summed E-state index contributed by atoms with van der Waals surface area (Å²) in [6.45, 7) is 4.63. The maximum atomic E-state index is 13.7. The Morgan fingerprint density at radius 2 is 1.94 bits per heavy atom. The summed E-state index contributed by atoms with van der Waals surface area (Å²) in [6.07, 6.45) is -0.125. The van der Waals surface area contributed by atoms with Crippen molar-refractivity contribution in [3.05, 3.63) is 47.2 Å². The van der Waals surface area contributed by atoms with E-state index in [2.05, 4.69) is 9.36 Å². The smallest absolute Gasteiger partial charge is 0.254 e. The van der Waals surface area contributed by atoms with Gasteiger partial charge in [0.15, 0.2) is 28.6 Å². The van der Waals surface area contributed by atoms with Crippen molar-refractivity contribution in [1.29, 1.82) is 0 Å². The van der Waals surface area contributed by atoms with Crippen molar-refractivity contribution in [1.82, 2.24) is 23.8 Å². The average Bonchev–Trinajstić information content (AvgIpc) is 3.52. The Hall–Kier alpha value is -3.21. The fraction of sp³-hybridized carbons (Fsp3) is 0.409. The number of nitrogens with zero attached hydrogens (tertiary/aromatic N) is 6. The Labute approximate surface area is 193 Å². The third kappa shape index (κ3) is 3.69. The molecule has 33 heavy (non-hydrogen) atoms. The molecule has 1 unspecified atom stereocenters. The molecule has 11 heteroatoms. The van der Waals surface area contributed by atoms with Crippen molar-refractivity contribution in [3.8, 4) is 10.8 Å². The largest absolute Gasteiger partial charge is 0.328 e. The minimum Gasteiger partial charge on any atom is -0.328 e. The van der Waals surface area contributed by atoms with E-state index in [9.17, 15) is 18.4 Å².